The first-order chi connectivity index (χ1) is 8.37. The Balaban J connectivity index is 2.38. The average molecular weight is 251 g/mol. The molecule has 5 nitrogen and oxygen atoms in total. The molecule has 98 valence electrons. The van der Waals surface area contributed by atoms with Crippen LogP contribution in [0, 0.1) is 0 Å². The average Bonchev–Trinajstić information content (AvgIpc) is 2.25. The molecule has 18 heavy (non-hydrogen) atoms. The third-order valence-corrected chi connectivity index (χ3v) is 2.28. The fourth-order valence-corrected chi connectivity index (χ4v) is 1.66. The molecule has 2 rings (SSSR count). The first kappa shape index (κ1) is 12.5. The van der Waals surface area contributed by atoms with Gasteiger partial charge < -0.3 is 19.9 Å². The van der Waals surface area contributed by atoms with Crippen molar-refractivity contribution in [3.63, 3.8) is 0 Å². The molecule has 5 heteroatoms. The van der Waals surface area contributed by atoms with Crippen molar-refractivity contribution in [2.24, 2.45) is 0 Å². The number of esters is 1. The van der Waals surface area contributed by atoms with Crippen LogP contribution in [0.1, 0.15) is 31.1 Å². The number of nitrogens with two attached hydrogens (primary N) is 1. The molecule has 0 aliphatic carbocycles. The molecule has 0 amide bonds. The second-order valence-corrected chi connectivity index (χ2v) is 5.09. The van der Waals surface area contributed by atoms with Gasteiger partial charge >= 0.3 is 5.97 Å². The number of anilines is 1. The Bertz CT molecular complexity index is 477. The van der Waals surface area contributed by atoms with Crippen LogP contribution in [0.3, 0.4) is 0 Å². The molecule has 1 aromatic rings. The number of ether oxygens (including phenoxy) is 3. The van der Waals surface area contributed by atoms with E-state index in [4.69, 9.17) is 19.9 Å². The highest BCUT2D eigenvalue weighted by molar-refractivity contribution is 5.95. The Kier molecular flexibility index (Phi) is 3.07. The molecular formula is C13H17NO4. The zero-order valence-electron chi connectivity index (χ0n) is 10.8. The molecule has 0 spiro atoms. The van der Waals surface area contributed by atoms with Gasteiger partial charge in [-0.25, -0.2) is 4.79 Å². The quantitative estimate of drug-likeness (QED) is 0.610. The molecular weight excluding hydrogens is 234 g/mol. The Hall–Kier alpha value is -1.91. The minimum Gasteiger partial charge on any atom is -0.486 e. The van der Waals surface area contributed by atoms with E-state index in [1.807, 2.05) is 0 Å². The lowest BCUT2D eigenvalue weighted by Crippen LogP contribution is -2.25. The van der Waals surface area contributed by atoms with Crippen LogP contribution in [0.25, 0.3) is 0 Å². The standard InChI is InChI=1S/C13H17NO4/c1-13(2,3)18-12(15)9-6-8(14)7-10-11(9)17-5-4-16-10/h6-7H,4-5,14H2,1-3H3. The van der Waals surface area contributed by atoms with E-state index in [1.54, 1.807) is 32.9 Å². The molecule has 0 aromatic heterocycles. The van der Waals surface area contributed by atoms with E-state index in [-0.39, 0.29) is 0 Å². The molecule has 0 saturated carbocycles. The molecule has 1 heterocycles. The minimum atomic E-state index is -0.565. The van der Waals surface area contributed by atoms with Crippen LogP contribution in [0.4, 0.5) is 5.69 Å². The fraction of sp³-hybridized carbons (Fsp3) is 0.462. The fourth-order valence-electron chi connectivity index (χ4n) is 1.66. The molecule has 0 radical (unpaired) electrons. The second-order valence-electron chi connectivity index (χ2n) is 5.09. The summed E-state index contributed by atoms with van der Waals surface area (Å²) in [5.74, 6) is 0.434. The number of nitrogen functional groups attached to an aromatic ring is 1. The largest absolute Gasteiger partial charge is 0.486 e. The van der Waals surface area contributed by atoms with Gasteiger partial charge in [-0.2, -0.15) is 0 Å². The summed E-state index contributed by atoms with van der Waals surface area (Å²) in [6.07, 6.45) is 0. The summed E-state index contributed by atoms with van der Waals surface area (Å²) in [4.78, 5) is 12.1. The zero-order valence-corrected chi connectivity index (χ0v) is 10.8. The maximum absolute atomic E-state index is 12.1. The zero-order chi connectivity index (χ0) is 13.3. The maximum atomic E-state index is 12.1. The van der Waals surface area contributed by atoms with Crippen molar-refractivity contribution in [1.29, 1.82) is 0 Å². The highest BCUT2D eigenvalue weighted by Gasteiger charge is 2.25. The van der Waals surface area contributed by atoms with E-state index < -0.39 is 11.6 Å². The van der Waals surface area contributed by atoms with Gasteiger partial charge in [-0.15, -0.1) is 0 Å². The number of carbonyl (C=O) groups excluding carboxylic acids is 1. The van der Waals surface area contributed by atoms with Crippen molar-refractivity contribution >= 4 is 11.7 Å². The van der Waals surface area contributed by atoms with Gasteiger partial charge in [-0.1, -0.05) is 0 Å². The maximum Gasteiger partial charge on any atom is 0.342 e. The van der Waals surface area contributed by atoms with Crippen molar-refractivity contribution in [2.45, 2.75) is 26.4 Å². The molecule has 0 atom stereocenters. The van der Waals surface area contributed by atoms with E-state index >= 15 is 0 Å². The van der Waals surface area contributed by atoms with E-state index in [0.29, 0.717) is 36.0 Å². The first-order valence-corrected chi connectivity index (χ1v) is 5.79. The van der Waals surface area contributed by atoms with Crippen LogP contribution in [-0.2, 0) is 4.74 Å². The number of rotatable bonds is 1. The van der Waals surface area contributed by atoms with Crippen molar-refractivity contribution in [2.75, 3.05) is 18.9 Å². The van der Waals surface area contributed by atoms with E-state index in [0.717, 1.165) is 0 Å². The number of hydrogen-bond acceptors (Lipinski definition) is 5. The number of hydrogen-bond donors (Lipinski definition) is 1. The Morgan fingerprint density at radius 2 is 1.94 bits per heavy atom. The topological polar surface area (TPSA) is 70.8 Å². The van der Waals surface area contributed by atoms with Gasteiger partial charge in [0, 0.05) is 11.8 Å². The molecule has 2 N–H and O–H groups in total. The number of benzene rings is 1. The third kappa shape index (κ3) is 2.67. The molecule has 0 unspecified atom stereocenters. The lowest BCUT2D eigenvalue weighted by Gasteiger charge is -2.24. The molecule has 0 fully saturated rings. The molecule has 1 aliphatic heterocycles. The summed E-state index contributed by atoms with van der Waals surface area (Å²) in [7, 11) is 0. The third-order valence-electron chi connectivity index (χ3n) is 2.28. The van der Waals surface area contributed by atoms with E-state index in [1.165, 1.54) is 0 Å². The summed E-state index contributed by atoms with van der Waals surface area (Å²) in [6.45, 7) is 6.28. The Labute approximate surface area is 106 Å². The van der Waals surface area contributed by atoms with Gasteiger partial charge in [-0.3, -0.25) is 0 Å². The van der Waals surface area contributed by atoms with Crippen LogP contribution >= 0.6 is 0 Å². The lowest BCUT2D eigenvalue weighted by molar-refractivity contribution is 0.00628. The second kappa shape index (κ2) is 4.40. The normalized spacial score (nSPS) is 14.2. The molecule has 0 saturated heterocycles. The van der Waals surface area contributed by atoms with Crippen LogP contribution in [-0.4, -0.2) is 24.8 Å². The molecule has 1 aromatic carbocycles. The summed E-state index contributed by atoms with van der Waals surface area (Å²) in [5.41, 5.74) is 5.93. The van der Waals surface area contributed by atoms with Crippen molar-refractivity contribution in [1.82, 2.24) is 0 Å². The van der Waals surface area contributed by atoms with Crippen LogP contribution in [0.5, 0.6) is 11.5 Å². The molecule has 0 bridgehead atoms. The van der Waals surface area contributed by atoms with E-state index in [9.17, 15) is 4.79 Å². The van der Waals surface area contributed by atoms with Gasteiger partial charge in [-0.05, 0) is 26.8 Å². The lowest BCUT2D eigenvalue weighted by atomic mass is 10.1. The van der Waals surface area contributed by atoms with Crippen molar-refractivity contribution in [3.05, 3.63) is 17.7 Å². The summed E-state index contributed by atoms with van der Waals surface area (Å²) in [6, 6.07) is 3.18. The van der Waals surface area contributed by atoms with Gasteiger partial charge in [0.2, 0.25) is 0 Å². The van der Waals surface area contributed by atoms with E-state index in [2.05, 4.69) is 0 Å². The van der Waals surface area contributed by atoms with Crippen molar-refractivity contribution in [3.8, 4) is 11.5 Å². The smallest absolute Gasteiger partial charge is 0.342 e. The van der Waals surface area contributed by atoms with Crippen LogP contribution in [0.15, 0.2) is 12.1 Å². The predicted octanol–water partition coefficient (Wildman–Crippen LogP) is 2.00. The number of carbonyl (C=O) groups is 1. The van der Waals surface area contributed by atoms with Gasteiger partial charge in [0.15, 0.2) is 11.5 Å². The van der Waals surface area contributed by atoms with Crippen LogP contribution < -0.4 is 15.2 Å². The highest BCUT2D eigenvalue weighted by Crippen LogP contribution is 2.37. The SMILES string of the molecule is CC(C)(C)OC(=O)c1cc(N)cc2c1OCCO2. The monoisotopic (exact) mass is 251 g/mol. The highest BCUT2D eigenvalue weighted by atomic mass is 16.6. The summed E-state index contributed by atoms with van der Waals surface area (Å²) < 4.78 is 16.2. The Morgan fingerprint density at radius 3 is 2.61 bits per heavy atom. The first-order valence-electron chi connectivity index (χ1n) is 5.79. The van der Waals surface area contributed by atoms with Gasteiger partial charge in [0.25, 0.3) is 0 Å². The van der Waals surface area contributed by atoms with Crippen molar-refractivity contribution < 1.29 is 19.0 Å². The number of fused-ring (bicyclic) bond motifs is 1. The predicted molar refractivity (Wildman–Crippen MR) is 67.0 cm³/mol. The van der Waals surface area contributed by atoms with Gasteiger partial charge in [0.1, 0.15) is 24.4 Å². The Morgan fingerprint density at radius 1 is 1.28 bits per heavy atom. The minimum absolute atomic E-state index is 0.305. The van der Waals surface area contributed by atoms with Crippen LogP contribution in [0.2, 0.25) is 0 Å². The molecule has 1 aliphatic rings. The summed E-state index contributed by atoms with van der Waals surface area (Å²) in [5, 5.41) is 0. The van der Waals surface area contributed by atoms with Gasteiger partial charge in [0.05, 0.1) is 0 Å². The summed E-state index contributed by atoms with van der Waals surface area (Å²) >= 11 is 0.